The van der Waals surface area contributed by atoms with Crippen LogP contribution >= 0.6 is 11.6 Å². The number of hydrogen-bond donors (Lipinski definition) is 1. The Bertz CT molecular complexity index is 925. The molecule has 1 aromatic heterocycles. The van der Waals surface area contributed by atoms with Gasteiger partial charge in [0.05, 0.1) is 30.1 Å². The minimum absolute atomic E-state index is 0.0366. The van der Waals surface area contributed by atoms with Crippen molar-refractivity contribution in [3.63, 3.8) is 0 Å². The van der Waals surface area contributed by atoms with Crippen LogP contribution < -0.4 is 5.32 Å². The van der Waals surface area contributed by atoms with Crippen molar-refractivity contribution in [2.75, 3.05) is 11.9 Å². The van der Waals surface area contributed by atoms with Crippen molar-refractivity contribution in [3.05, 3.63) is 46.7 Å². The molecule has 1 atom stereocenters. The number of ether oxygens (including phenoxy) is 2. The maximum Gasteiger partial charge on any atom is 0.412 e. The number of amides is 1. The fourth-order valence-electron chi connectivity index (χ4n) is 3.63. The number of anilines is 2. The monoisotopic (exact) mass is 446 g/mol. The molecule has 2 heterocycles. The van der Waals surface area contributed by atoms with Gasteiger partial charge in [-0.1, -0.05) is 23.7 Å². The molecule has 7 nitrogen and oxygen atoms in total. The van der Waals surface area contributed by atoms with E-state index in [4.69, 9.17) is 21.1 Å². The number of benzene rings is 1. The Kier molecular flexibility index (Phi) is 6.76. The molecular weight excluding hydrogens is 416 g/mol. The van der Waals surface area contributed by atoms with E-state index in [-0.39, 0.29) is 12.1 Å². The Morgan fingerprint density at radius 3 is 2.61 bits per heavy atom. The summed E-state index contributed by atoms with van der Waals surface area (Å²) in [5.74, 6) is 0.499. The van der Waals surface area contributed by atoms with Crippen LogP contribution in [0.5, 0.6) is 0 Å². The number of halogens is 1. The second kappa shape index (κ2) is 9.01. The molecular formula is C23H31ClN4O3. The molecule has 1 saturated heterocycles. The topological polar surface area (TPSA) is 76.6 Å². The molecule has 1 aromatic carbocycles. The highest BCUT2D eigenvalue weighted by Gasteiger charge is 2.45. The van der Waals surface area contributed by atoms with Crippen LogP contribution in [0.2, 0.25) is 5.02 Å². The summed E-state index contributed by atoms with van der Waals surface area (Å²) in [6.07, 6.45) is 4.39. The van der Waals surface area contributed by atoms with Crippen LogP contribution in [0.15, 0.2) is 30.6 Å². The highest BCUT2D eigenvalue weighted by Crippen LogP contribution is 2.32. The number of carbonyl (C=O) groups excluding carboxylic acids is 1. The van der Waals surface area contributed by atoms with E-state index in [1.54, 1.807) is 17.3 Å². The molecule has 0 aliphatic carbocycles. The molecule has 0 bridgehead atoms. The van der Waals surface area contributed by atoms with E-state index in [1.807, 2.05) is 47.6 Å². The lowest BCUT2D eigenvalue weighted by atomic mass is 10.0. The van der Waals surface area contributed by atoms with Crippen molar-refractivity contribution in [1.82, 2.24) is 14.9 Å². The molecule has 1 fully saturated rings. The van der Waals surface area contributed by atoms with Crippen molar-refractivity contribution < 1.29 is 14.3 Å². The SMILES string of the molecule is Cc1cc(CC[C@H]2COC(C)(C)N2C(=O)OC(C)(C)C)ccc1Nc1ncc(Cl)cn1. The number of carbonyl (C=O) groups is 1. The second-order valence-electron chi connectivity index (χ2n) is 9.30. The first kappa shape index (κ1) is 23.3. The average molecular weight is 447 g/mol. The predicted octanol–water partition coefficient (Wildman–Crippen LogP) is 5.49. The number of nitrogens with one attached hydrogen (secondary N) is 1. The largest absolute Gasteiger partial charge is 0.444 e. The molecule has 0 radical (unpaired) electrons. The van der Waals surface area contributed by atoms with Crippen LogP contribution in [-0.2, 0) is 15.9 Å². The first-order valence-electron chi connectivity index (χ1n) is 10.4. The number of nitrogens with zero attached hydrogens (tertiary/aromatic N) is 3. The highest BCUT2D eigenvalue weighted by molar-refractivity contribution is 6.30. The zero-order valence-corrected chi connectivity index (χ0v) is 19.8. The van der Waals surface area contributed by atoms with Crippen LogP contribution in [0.3, 0.4) is 0 Å². The van der Waals surface area contributed by atoms with Gasteiger partial charge in [0.2, 0.25) is 5.95 Å². The van der Waals surface area contributed by atoms with E-state index in [1.165, 1.54) is 5.56 Å². The first-order valence-corrected chi connectivity index (χ1v) is 10.8. The van der Waals surface area contributed by atoms with Gasteiger partial charge in [0, 0.05) is 5.69 Å². The lowest BCUT2D eigenvalue weighted by Gasteiger charge is -2.35. The van der Waals surface area contributed by atoms with Gasteiger partial charge in [-0.15, -0.1) is 0 Å². The average Bonchev–Trinajstić information content (AvgIpc) is 2.97. The van der Waals surface area contributed by atoms with Gasteiger partial charge >= 0.3 is 6.09 Å². The van der Waals surface area contributed by atoms with Gasteiger partial charge in [0.1, 0.15) is 11.3 Å². The predicted molar refractivity (Wildman–Crippen MR) is 122 cm³/mol. The molecule has 8 heteroatoms. The number of rotatable bonds is 5. The summed E-state index contributed by atoms with van der Waals surface area (Å²) in [7, 11) is 0. The van der Waals surface area contributed by atoms with Crippen LogP contribution in [0.4, 0.5) is 16.4 Å². The molecule has 1 N–H and O–H groups in total. The summed E-state index contributed by atoms with van der Waals surface area (Å²) in [6, 6.07) is 6.19. The van der Waals surface area contributed by atoms with Gasteiger partial charge in [-0.05, 0) is 71.6 Å². The zero-order valence-electron chi connectivity index (χ0n) is 19.0. The van der Waals surface area contributed by atoms with Gasteiger partial charge in [-0.3, -0.25) is 4.90 Å². The maximum absolute atomic E-state index is 12.8. The van der Waals surface area contributed by atoms with Crippen LogP contribution in [0.1, 0.15) is 52.2 Å². The third kappa shape index (κ3) is 6.08. The second-order valence-corrected chi connectivity index (χ2v) is 9.74. The lowest BCUT2D eigenvalue weighted by molar-refractivity contribution is -0.0626. The Morgan fingerprint density at radius 1 is 1.32 bits per heavy atom. The van der Waals surface area contributed by atoms with Crippen LogP contribution in [-0.4, -0.2) is 44.9 Å². The number of aromatic nitrogens is 2. The molecule has 0 saturated carbocycles. The van der Waals surface area contributed by atoms with Gasteiger partial charge in [-0.25, -0.2) is 14.8 Å². The molecule has 168 valence electrons. The van der Waals surface area contributed by atoms with Crippen LogP contribution in [0, 0.1) is 6.92 Å². The standard InChI is InChI=1S/C23H31ClN4O3/c1-15-11-16(8-10-19(15)27-20-25-12-17(24)13-26-20)7-9-18-14-30-23(5,6)28(18)21(29)31-22(2,3)4/h8,10-13,18H,7,9,14H2,1-6H3,(H,25,26,27)/t18-/m0/s1. The summed E-state index contributed by atoms with van der Waals surface area (Å²) >= 11 is 5.84. The summed E-state index contributed by atoms with van der Waals surface area (Å²) in [4.78, 5) is 22.9. The van der Waals surface area contributed by atoms with Crippen molar-refractivity contribution in [3.8, 4) is 0 Å². The first-order chi connectivity index (χ1) is 14.4. The lowest BCUT2D eigenvalue weighted by Crippen LogP contribution is -2.49. The van der Waals surface area contributed by atoms with E-state index >= 15 is 0 Å². The normalized spacial score (nSPS) is 18.2. The van der Waals surface area contributed by atoms with E-state index in [0.717, 1.165) is 24.1 Å². The van der Waals surface area contributed by atoms with Crippen molar-refractivity contribution in [2.45, 2.75) is 71.8 Å². The van der Waals surface area contributed by atoms with Crippen molar-refractivity contribution >= 4 is 29.3 Å². The van der Waals surface area contributed by atoms with Gasteiger partial charge in [0.15, 0.2) is 0 Å². The molecule has 1 amide bonds. The maximum atomic E-state index is 12.8. The third-order valence-corrected chi connectivity index (χ3v) is 5.28. The minimum Gasteiger partial charge on any atom is -0.444 e. The Hall–Kier alpha value is -2.38. The molecule has 0 spiro atoms. The fourth-order valence-corrected chi connectivity index (χ4v) is 3.73. The summed E-state index contributed by atoms with van der Waals surface area (Å²) in [5, 5.41) is 3.71. The fraction of sp³-hybridized carbons (Fsp3) is 0.522. The van der Waals surface area contributed by atoms with E-state index in [9.17, 15) is 4.79 Å². The van der Waals surface area contributed by atoms with E-state index in [2.05, 4.69) is 27.4 Å². The number of aryl methyl sites for hydroxylation is 2. The van der Waals surface area contributed by atoms with Gasteiger partial charge < -0.3 is 14.8 Å². The Balaban J connectivity index is 1.65. The molecule has 3 rings (SSSR count). The summed E-state index contributed by atoms with van der Waals surface area (Å²) < 4.78 is 11.5. The molecule has 31 heavy (non-hydrogen) atoms. The van der Waals surface area contributed by atoms with E-state index < -0.39 is 11.3 Å². The summed E-state index contributed by atoms with van der Waals surface area (Å²) in [5.41, 5.74) is 1.98. The smallest absolute Gasteiger partial charge is 0.412 e. The Morgan fingerprint density at radius 2 is 2.00 bits per heavy atom. The van der Waals surface area contributed by atoms with Crippen molar-refractivity contribution in [2.24, 2.45) is 0 Å². The molecule has 1 aliphatic rings. The van der Waals surface area contributed by atoms with Crippen molar-refractivity contribution in [1.29, 1.82) is 0 Å². The number of hydrogen-bond acceptors (Lipinski definition) is 6. The molecule has 2 aromatic rings. The molecule has 1 aliphatic heterocycles. The zero-order chi connectivity index (χ0) is 22.8. The minimum atomic E-state index is -0.685. The van der Waals surface area contributed by atoms with Crippen LogP contribution in [0.25, 0.3) is 0 Å². The van der Waals surface area contributed by atoms with E-state index in [0.29, 0.717) is 17.6 Å². The third-order valence-electron chi connectivity index (χ3n) is 5.09. The summed E-state index contributed by atoms with van der Waals surface area (Å²) in [6.45, 7) is 12.0. The Labute approximate surface area is 189 Å². The van der Waals surface area contributed by atoms with Gasteiger partial charge in [-0.2, -0.15) is 0 Å². The molecule has 0 unspecified atom stereocenters. The van der Waals surface area contributed by atoms with Gasteiger partial charge in [0.25, 0.3) is 0 Å². The highest BCUT2D eigenvalue weighted by atomic mass is 35.5. The quantitative estimate of drug-likeness (QED) is 0.654.